The molecular formula is C18H14BrClFN3O3S. The number of nitrogens with zero attached hydrogens (tertiary/aromatic N) is 2. The molecule has 1 aromatic heterocycles. The number of hydrogen-bond donors (Lipinski definition) is 2. The molecule has 4 rings (SSSR count). The molecule has 0 aliphatic carbocycles. The van der Waals surface area contributed by atoms with Crippen LogP contribution < -0.4 is 0 Å². The highest BCUT2D eigenvalue weighted by atomic mass is 79.9. The van der Waals surface area contributed by atoms with Crippen LogP contribution in [0.5, 0.6) is 0 Å². The lowest BCUT2D eigenvalue weighted by atomic mass is 10.2. The number of rotatable bonds is 4. The van der Waals surface area contributed by atoms with Crippen molar-refractivity contribution in [3.63, 3.8) is 0 Å². The molecule has 1 aliphatic heterocycles. The van der Waals surface area contributed by atoms with Gasteiger partial charge >= 0.3 is 0 Å². The number of β-amino-alcohol motifs (C(OH)–C–C–N with tert-alkyl or cyclic N) is 1. The summed E-state index contributed by atoms with van der Waals surface area (Å²) in [6.07, 6.45) is 0.961. The molecule has 0 amide bonds. The van der Waals surface area contributed by atoms with Gasteiger partial charge in [-0.1, -0.05) is 17.7 Å². The second-order valence-corrected chi connectivity index (χ2v) is 9.55. The smallest absolute Gasteiger partial charge is 0.244 e. The average molecular weight is 487 g/mol. The summed E-state index contributed by atoms with van der Waals surface area (Å²) in [5.74, 6) is 0.0220. The predicted octanol–water partition coefficient (Wildman–Crippen LogP) is 3.66. The summed E-state index contributed by atoms with van der Waals surface area (Å²) in [5, 5.41) is 9.48. The maximum absolute atomic E-state index is 13.8. The second-order valence-electron chi connectivity index (χ2n) is 6.38. The first-order chi connectivity index (χ1) is 13.3. The lowest BCUT2D eigenvalue weighted by Crippen LogP contribution is -2.53. The van der Waals surface area contributed by atoms with E-state index in [9.17, 15) is 17.9 Å². The fraction of sp³-hybridized carbons (Fsp3) is 0.167. The van der Waals surface area contributed by atoms with Gasteiger partial charge in [0.25, 0.3) is 0 Å². The molecule has 2 aromatic carbocycles. The molecule has 1 saturated heterocycles. The summed E-state index contributed by atoms with van der Waals surface area (Å²) in [4.78, 5) is 7.37. The molecule has 10 heteroatoms. The fourth-order valence-corrected chi connectivity index (χ4v) is 5.14. The molecule has 1 fully saturated rings. The van der Waals surface area contributed by atoms with Crippen LogP contribution >= 0.6 is 27.5 Å². The van der Waals surface area contributed by atoms with E-state index in [0.717, 1.165) is 0 Å². The van der Waals surface area contributed by atoms with E-state index < -0.39 is 21.9 Å². The largest absolute Gasteiger partial charge is 0.390 e. The zero-order valence-corrected chi connectivity index (χ0v) is 17.4. The number of nitrogens with one attached hydrogen (secondary N) is 1. The number of imidazole rings is 1. The van der Waals surface area contributed by atoms with Crippen molar-refractivity contribution in [2.45, 2.75) is 11.0 Å². The van der Waals surface area contributed by atoms with Crippen LogP contribution in [-0.2, 0) is 10.0 Å². The predicted molar refractivity (Wildman–Crippen MR) is 107 cm³/mol. The monoisotopic (exact) mass is 485 g/mol. The molecule has 0 saturated carbocycles. The SMILES string of the molecule is O=S(=O)(c1cc(-c2nc(-c3ccc(Br)c(F)c3)c[nH]2)ccc1Cl)N1CC(O)C1. The molecule has 0 unspecified atom stereocenters. The van der Waals surface area contributed by atoms with E-state index >= 15 is 0 Å². The van der Waals surface area contributed by atoms with Gasteiger partial charge in [-0.3, -0.25) is 0 Å². The van der Waals surface area contributed by atoms with Crippen LogP contribution in [0.4, 0.5) is 4.39 Å². The van der Waals surface area contributed by atoms with Crippen molar-refractivity contribution in [3.05, 3.63) is 57.9 Å². The van der Waals surface area contributed by atoms with Crippen LogP contribution in [0.25, 0.3) is 22.6 Å². The highest BCUT2D eigenvalue weighted by Gasteiger charge is 2.36. The van der Waals surface area contributed by atoms with E-state index in [2.05, 4.69) is 25.9 Å². The molecule has 28 heavy (non-hydrogen) atoms. The van der Waals surface area contributed by atoms with Gasteiger partial charge in [-0.2, -0.15) is 4.31 Å². The van der Waals surface area contributed by atoms with Crippen LogP contribution in [0, 0.1) is 5.82 Å². The van der Waals surface area contributed by atoms with Crippen molar-refractivity contribution in [1.82, 2.24) is 14.3 Å². The molecule has 6 nitrogen and oxygen atoms in total. The zero-order valence-electron chi connectivity index (χ0n) is 14.2. The van der Waals surface area contributed by atoms with Crippen molar-refractivity contribution in [1.29, 1.82) is 0 Å². The Hall–Kier alpha value is -1.78. The number of hydrogen-bond acceptors (Lipinski definition) is 4. The third-order valence-electron chi connectivity index (χ3n) is 4.44. The Morgan fingerprint density at radius 3 is 2.61 bits per heavy atom. The lowest BCUT2D eigenvalue weighted by Gasteiger charge is -2.34. The number of benzene rings is 2. The summed E-state index contributed by atoms with van der Waals surface area (Å²) >= 11 is 9.23. The molecule has 0 spiro atoms. The fourth-order valence-electron chi connectivity index (χ4n) is 2.87. The quantitative estimate of drug-likeness (QED) is 0.589. The zero-order chi connectivity index (χ0) is 20.1. The van der Waals surface area contributed by atoms with E-state index in [4.69, 9.17) is 11.6 Å². The average Bonchev–Trinajstić information content (AvgIpc) is 3.11. The van der Waals surface area contributed by atoms with E-state index in [1.165, 1.54) is 22.5 Å². The van der Waals surface area contributed by atoms with E-state index in [0.29, 0.717) is 27.1 Å². The second kappa shape index (κ2) is 7.23. The molecule has 1 aliphatic rings. The number of H-pyrrole nitrogens is 1. The minimum atomic E-state index is -3.81. The maximum Gasteiger partial charge on any atom is 0.244 e. The van der Waals surface area contributed by atoms with Crippen LogP contribution in [0.3, 0.4) is 0 Å². The van der Waals surface area contributed by atoms with Crippen molar-refractivity contribution < 1.29 is 17.9 Å². The number of aromatic amines is 1. The van der Waals surface area contributed by atoms with Gasteiger partial charge in [-0.05, 0) is 46.3 Å². The van der Waals surface area contributed by atoms with Gasteiger partial charge in [0.1, 0.15) is 16.5 Å². The Morgan fingerprint density at radius 2 is 1.93 bits per heavy atom. The Bertz CT molecular complexity index is 1160. The molecule has 3 aromatic rings. The van der Waals surface area contributed by atoms with Crippen molar-refractivity contribution in [2.75, 3.05) is 13.1 Å². The molecule has 2 heterocycles. The van der Waals surface area contributed by atoms with Gasteiger partial charge in [-0.25, -0.2) is 17.8 Å². The maximum atomic E-state index is 13.8. The molecule has 0 bridgehead atoms. The number of aliphatic hydroxyl groups is 1. The first-order valence-electron chi connectivity index (χ1n) is 8.24. The summed E-state index contributed by atoms with van der Waals surface area (Å²) in [6, 6.07) is 9.25. The van der Waals surface area contributed by atoms with Crippen LogP contribution in [0.1, 0.15) is 0 Å². The third kappa shape index (κ3) is 3.48. The third-order valence-corrected chi connectivity index (χ3v) is 7.40. The Morgan fingerprint density at radius 1 is 1.21 bits per heavy atom. The Labute approximate surface area is 174 Å². The van der Waals surface area contributed by atoms with Gasteiger partial charge in [-0.15, -0.1) is 0 Å². The van der Waals surface area contributed by atoms with Gasteiger partial charge in [0.05, 0.1) is 21.3 Å². The van der Waals surface area contributed by atoms with E-state index in [1.54, 1.807) is 24.4 Å². The normalized spacial score (nSPS) is 15.6. The molecule has 2 N–H and O–H groups in total. The highest BCUT2D eigenvalue weighted by molar-refractivity contribution is 9.10. The van der Waals surface area contributed by atoms with Crippen molar-refractivity contribution >= 4 is 37.6 Å². The number of aliphatic hydroxyl groups excluding tert-OH is 1. The minimum absolute atomic E-state index is 0.0446. The van der Waals surface area contributed by atoms with Crippen molar-refractivity contribution in [3.8, 4) is 22.6 Å². The van der Waals surface area contributed by atoms with E-state index in [1.807, 2.05) is 0 Å². The molecular weight excluding hydrogens is 473 g/mol. The standard InChI is InChI=1S/C18H14BrClFN3O3S/c19-13-3-1-10(5-15(13)21)16-7-22-18(23-16)11-2-4-14(20)17(6-11)28(26,27)24-8-12(25)9-24/h1-7,12,25H,8-9H2,(H,22,23). The number of sulfonamides is 1. The summed E-state index contributed by atoms with van der Waals surface area (Å²) in [5.41, 5.74) is 1.62. The summed E-state index contributed by atoms with van der Waals surface area (Å²) in [6.45, 7) is 0.0891. The topological polar surface area (TPSA) is 86.3 Å². The molecule has 0 atom stereocenters. The first-order valence-corrected chi connectivity index (χ1v) is 10.9. The van der Waals surface area contributed by atoms with Crippen molar-refractivity contribution in [2.24, 2.45) is 0 Å². The first kappa shape index (κ1) is 19.5. The Balaban J connectivity index is 1.69. The summed E-state index contributed by atoms with van der Waals surface area (Å²) < 4.78 is 40.7. The van der Waals surface area contributed by atoms with Crippen LogP contribution in [0.15, 0.2) is 52.0 Å². The lowest BCUT2D eigenvalue weighted by molar-refractivity contribution is 0.0548. The summed E-state index contributed by atoms with van der Waals surface area (Å²) in [7, 11) is -3.81. The van der Waals surface area contributed by atoms with Crippen LogP contribution in [0.2, 0.25) is 5.02 Å². The van der Waals surface area contributed by atoms with Gasteiger partial charge in [0, 0.05) is 30.4 Å². The van der Waals surface area contributed by atoms with E-state index in [-0.39, 0.29) is 23.0 Å². The minimum Gasteiger partial charge on any atom is -0.390 e. The van der Waals surface area contributed by atoms with Gasteiger partial charge in [0.15, 0.2) is 0 Å². The van der Waals surface area contributed by atoms with Crippen LogP contribution in [-0.4, -0.2) is 47.0 Å². The number of halogens is 3. The molecule has 0 radical (unpaired) electrons. The van der Waals surface area contributed by atoms with Gasteiger partial charge < -0.3 is 10.1 Å². The van der Waals surface area contributed by atoms with Gasteiger partial charge in [0.2, 0.25) is 10.0 Å². The highest BCUT2D eigenvalue weighted by Crippen LogP contribution is 2.32. The number of aromatic nitrogens is 2. The molecule has 146 valence electrons. The Kier molecular flexibility index (Phi) is 5.05.